The van der Waals surface area contributed by atoms with Crippen molar-refractivity contribution < 1.29 is 14.3 Å². The molecule has 0 aliphatic carbocycles. The van der Waals surface area contributed by atoms with Crippen LogP contribution >= 0.6 is 0 Å². The highest BCUT2D eigenvalue weighted by molar-refractivity contribution is 5.83. The fourth-order valence-corrected chi connectivity index (χ4v) is 2.91. The molecule has 0 saturated carbocycles. The molecule has 0 aromatic heterocycles. The summed E-state index contributed by atoms with van der Waals surface area (Å²) in [6.07, 6.45) is 1.24. The molecule has 120 valence electrons. The van der Waals surface area contributed by atoms with Gasteiger partial charge in [0.1, 0.15) is 0 Å². The van der Waals surface area contributed by atoms with E-state index in [2.05, 4.69) is 6.58 Å². The molecule has 1 aromatic carbocycles. The predicted molar refractivity (Wildman–Crippen MR) is 88.9 cm³/mol. The van der Waals surface area contributed by atoms with Crippen LogP contribution in [0.4, 0.5) is 5.69 Å². The normalized spacial score (nSPS) is 13.1. The SMILES string of the molecule is C=C(C)CC(C)(CN(C=O)c1c(C)cccc1C)C(=O)OC. The molecular weight excluding hydrogens is 278 g/mol. The second kappa shape index (κ2) is 7.25. The number of benzene rings is 1. The summed E-state index contributed by atoms with van der Waals surface area (Å²) in [6.45, 7) is 11.7. The monoisotopic (exact) mass is 303 g/mol. The van der Waals surface area contributed by atoms with E-state index >= 15 is 0 Å². The van der Waals surface area contributed by atoms with Gasteiger partial charge in [-0.25, -0.2) is 0 Å². The number of carbonyl (C=O) groups excluding carboxylic acids is 2. The molecule has 0 N–H and O–H groups in total. The van der Waals surface area contributed by atoms with Crippen LogP contribution in [0.15, 0.2) is 30.4 Å². The van der Waals surface area contributed by atoms with Gasteiger partial charge < -0.3 is 9.64 Å². The number of hydrogen-bond donors (Lipinski definition) is 0. The summed E-state index contributed by atoms with van der Waals surface area (Å²) in [6, 6.07) is 5.85. The van der Waals surface area contributed by atoms with Gasteiger partial charge in [0.25, 0.3) is 0 Å². The zero-order valence-corrected chi connectivity index (χ0v) is 14.1. The number of amides is 1. The largest absolute Gasteiger partial charge is 0.469 e. The molecule has 1 atom stereocenters. The van der Waals surface area contributed by atoms with E-state index < -0.39 is 5.41 Å². The zero-order valence-electron chi connectivity index (χ0n) is 14.1. The maximum Gasteiger partial charge on any atom is 0.313 e. The summed E-state index contributed by atoms with van der Waals surface area (Å²) in [5.74, 6) is -0.339. The molecule has 22 heavy (non-hydrogen) atoms. The Kier molecular flexibility index (Phi) is 5.92. The van der Waals surface area contributed by atoms with Gasteiger partial charge in [-0.3, -0.25) is 9.59 Å². The van der Waals surface area contributed by atoms with Gasteiger partial charge in [-0.2, -0.15) is 0 Å². The summed E-state index contributed by atoms with van der Waals surface area (Å²) >= 11 is 0. The van der Waals surface area contributed by atoms with Crippen LogP contribution in [0.25, 0.3) is 0 Å². The third kappa shape index (κ3) is 3.97. The van der Waals surface area contributed by atoms with E-state index in [1.807, 2.05) is 39.0 Å². The smallest absolute Gasteiger partial charge is 0.313 e. The number of esters is 1. The molecule has 4 nitrogen and oxygen atoms in total. The topological polar surface area (TPSA) is 46.6 Å². The molecule has 0 radical (unpaired) electrons. The highest BCUT2D eigenvalue weighted by Gasteiger charge is 2.37. The van der Waals surface area contributed by atoms with E-state index in [0.29, 0.717) is 6.42 Å². The number of anilines is 1. The fraction of sp³-hybridized carbons (Fsp3) is 0.444. The van der Waals surface area contributed by atoms with Gasteiger partial charge in [-0.15, -0.1) is 6.58 Å². The van der Waals surface area contributed by atoms with Gasteiger partial charge in [-0.1, -0.05) is 23.8 Å². The van der Waals surface area contributed by atoms with Crippen molar-refractivity contribution in [2.45, 2.75) is 34.1 Å². The lowest BCUT2D eigenvalue weighted by molar-refractivity contribution is -0.151. The summed E-state index contributed by atoms with van der Waals surface area (Å²) < 4.78 is 4.94. The summed E-state index contributed by atoms with van der Waals surface area (Å²) in [5, 5.41) is 0. The standard InChI is InChI=1S/C18H25NO3/c1-13(2)10-18(5,17(21)22-6)11-19(12-20)16-14(3)8-7-9-15(16)4/h7-9,12H,1,10-11H2,2-6H3. The van der Waals surface area contributed by atoms with Crippen molar-refractivity contribution in [3.05, 3.63) is 41.5 Å². The number of methoxy groups -OCH3 is 1. The van der Waals surface area contributed by atoms with Crippen LogP contribution in [0, 0.1) is 19.3 Å². The number of para-hydroxylation sites is 1. The van der Waals surface area contributed by atoms with Crippen molar-refractivity contribution in [3.8, 4) is 0 Å². The number of aryl methyl sites for hydroxylation is 2. The van der Waals surface area contributed by atoms with E-state index in [4.69, 9.17) is 4.74 Å². The molecule has 1 rings (SSSR count). The molecule has 0 fully saturated rings. The highest BCUT2D eigenvalue weighted by Crippen LogP contribution is 2.32. The number of allylic oxidation sites excluding steroid dienone is 1. The Morgan fingerprint density at radius 2 is 1.91 bits per heavy atom. The first-order valence-electron chi connectivity index (χ1n) is 7.26. The van der Waals surface area contributed by atoms with E-state index in [9.17, 15) is 9.59 Å². The van der Waals surface area contributed by atoms with E-state index in [1.165, 1.54) is 7.11 Å². The van der Waals surface area contributed by atoms with Crippen LogP contribution in [0.1, 0.15) is 31.4 Å². The maximum absolute atomic E-state index is 12.2. The first-order chi connectivity index (χ1) is 10.2. The zero-order chi connectivity index (χ0) is 16.9. The van der Waals surface area contributed by atoms with Crippen molar-refractivity contribution in [3.63, 3.8) is 0 Å². The molecule has 0 aliphatic rings. The third-order valence-electron chi connectivity index (χ3n) is 3.74. The molecule has 1 aromatic rings. The Hall–Kier alpha value is -2.10. The molecule has 0 bridgehead atoms. The fourth-order valence-electron chi connectivity index (χ4n) is 2.91. The second-order valence-electron chi connectivity index (χ2n) is 6.16. The number of nitrogens with zero attached hydrogens (tertiary/aromatic N) is 1. The van der Waals surface area contributed by atoms with Gasteiger partial charge in [0, 0.05) is 12.2 Å². The van der Waals surface area contributed by atoms with Crippen LogP contribution in [-0.2, 0) is 14.3 Å². The van der Waals surface area contributed by atoms with E-state index in [0.717, 1.165) is 28.8 Å². The van der Waals surface area contributed by atoms with Crippen LogP contribution < -0.4 is 4.90 Å². The lowest BCUT2D eigenvalue weighted by atomic mass is 9.83. The van der Waals surface area contributed by atoms with Crippen LogP contribution in [-0.4, -0.2) is 26.0 Å². The van der Waals surface area contributed by atoms with Gasteiger partial charge in [0.05, 0.1) is 12.5 Å². The van der Waals surface area contributed by atoms with Crippen LogP contribution in [0.5, 0.6) is 0 Å². The lowest BCUT2D eigenvalue weighted by Gasteiger charge is -2.33. The molecular formula is C18H25NO3. The van der Waals surface area contributed by atoms with Gasteiger partial charge in [0.2, 0.25) is 6.41 Å². The predicted octanol–water partition coefficient (Wildman–Crippen LogP) is 3.41. The minimum Gasteiger partial charge on any atom is -0.469 e. The maximum atomic E-state index is 12.2. The minimum atomic E-state index is -0.823. The molecule has 0 heterocycles. The second-order valence-corrected chi connectivity index (χ2v) is 6.16. The molecule has 1 amide bonds. The highest BCUT2D eigenvalue weighted by atomic mass is 16.5. The van der Waals surface area contributed by atoms with Crippen molar-refractivity contribution >= 4 is 18.1 Å². The Morgan fingerprint density at radius 3 is 2.32 bits per heavy atom. The molecule has 4 heteroatoms. The lowest BCUT2D eigenvalue weighted by Crippen LogP contribution is -2.42. The average Bonchev–Trinajstić information content (AvgIpc) is 2.44. The Morgan fingerprint density at radius 1 is 1.36 bits per heavy atom. The molecule has 1 unspecified atom stereocenters. The number of carbonyl (C=O) groups is 2. The van der Waals surface area contributed by atoms with E-state index in [-0.39, 0.29) is 12.5 Å². The van der Waals surface area contributed by atoms with Gasteiger partial charge in [0.15, 0.2) is 0 Å². The molecule has 0 spiro atoms. The van der Waals surface area contributed by atoms with Crippen molar-refractivity contribution in [1.82, 2.24) is 0 Å². The van der Waals surface area contributed by atoms with E-state index in [1.54, 1.807) is 11.8 Å². The summed E-state index contributed by atoms with van der Waals surface area (Å²) in [5.41, 5.74) is 2.88. The van der Waals surface area contributed by atoms with Gasteiger partial charge in [-0.05, 0) is 45.2 Å². The quantitative estimate of drug-likeness (QED) is 0.440. The van der Waals surface area contributed by atoms with Crippen molar-refractivity contribution in [1.29, 1.82) is 0 Å². The summed E-state index contributed by atoms with van der Waals surface area (Å²) in [7, 11) is 1.36. The summed E-state index contributed by atoms with van der Waals surface area (Å²) in [4.78, 5) is 25.4. The Labute approximate surface area is 132 Å². The first kappa shape index (κ1) is 18.0. The average molecular weight is 303 g/mol. The van der Waals surface area contributed by atoms with Gasteiger partial charge >= 0.3 is 5.97 Å². The number of hydrogen-bond acceptors (Lipinski definition) is 3. The molecule has 0 saturated heterocycles. The van der Waals surface area contributed by atoms with Crippen molar-refractivity contribution in [2.75, 3.05) is 18.6 Å². The van der Waals surface area contributed by atoms with Crippen LogP contribution in [0.3, 0.4) is 0 Å². The number of ether oxygens (including phenoxy) is 1. The van der Waals surface area contributed by atoms with Crippen LogP contribution in [0.2, 0.25) is 0 Å². The Balaban J connectivity index is 3.21. The Bertz CT molecular complexity index is 559. The molecule has 0 aliphatic heterocycles. The van der Waals surface area contributed by atoms with Crippen molar-refractivity contribution in [2.24, 2.45) is 5.41 Å². The number of rotatable bonds is 7. The first-order valence-corrected chi connectivity index (χ1v) is 7.26. The third-order valence-corrected chi connectivity index (χ3v) is 3.74. The minimum absolute atomic E-state index is 0.252.